The largest absolute Gasteiger partial charge is 0.469 e. The summed E-state index contributed by atoms with van der Waals surface area (Å²) in [6.45, 7) is -0.594. The van der Waals surface area contributed by atoms with Gasteiger partial charge in [-0.05, 0) is 0 Å². The fraction of sp³-hybridized carbons (Fsp3) is 0.500. The van der Waals surface area contributed by atoms with E-state index < -0.39 is 39.0 Å². The Balaban J connectivity index is 0.00000109. The van der Waals surface area contributed by atoms with Crippen LogP contribution in [0, 0.1) is 0 Å². The van der Waals surface area contributed by atoms with E-state index in [0.29, 0.717) is 5.52 Å². The smallest absolute Gasteiger partial charge is 0.387 e. The minimum Gasteiger partial charge on any atom is -0.387 e. The highest BCUT2D eigenvalue weighted by Crippen LogP contribution is 2.38. The third-order valence-electron chi connectivity index (χ3n) is 3.41. The number of hydrogen-bond acceptors (Lipinski definition) is 11. The molecule has 4 atom stereocenters. The van der Waals surface area contributed by atoms with Crippen molar-refractivity contribution in [1.29, 1.82) is 0 Å². The first-order valence-electron chi connectivity index (χ1n) is 6.68. The molecule has 0 unspecified atom stereocenters. The van der Waals surface area contributed by atoms with Crippen molar-refractivity contribution >= 4 is 24.8 Å². The molecule has 1 aliphatic rings. The maximum absolute atomic E-state index is 10.7. The van der Waals surface area contributed by atoms with Crippen LogP contribution in [0.25, 0.3) is 11.2 Å². The number of rotatable bonds is 4. The molecule has 2 aromatic heterocycles. The lowest BCUT2D eigenvalue weighted by molar-refractivity contribution is -0.0504. The Morgan fingerprint density at radius 3 is 2.56 bits per heavy atom. The highest BCUT2D eigenvalue weighted by atomic mass is 31.2. The van der Waals surface area contributed by atoms with Crippen molar-refractivity contribution in [3.63, 3.8) is 0 Å². The summed E-state index contributed by atoms with van der Waals surface area (Å²) in [5, 5.41) is 26.6. The van der Waals surface area contributed by atoms with Gasteiger partial charge in [-0.3, -0.25) is 9.09 Å². The molecule has 0 aliphatic carbocycles. The molecule has 140 valence electrons. The van der Waals surface area contributed by atoms with Crippen LogP contribution in [0.15, 0.2) is 12.7 Å². The molecule has 0 radical (unpaired) electrons. The van der Waals surface area contributed by atoms with Gasteiger partial charge < -0.3 is 35.7 Å². The summed E-state index contributed by atoms with van der Waals surface area (Å²) in [5.74, 6) is 3.64. The first-order valence-corrected chi connectivity index (χ1v) is 8.21. The molecule has 0 bridgehead atoms. The van der Waals surface area contributed by atoms with E-state index >= 15 is 0 Å². The number of aromatic nitrogens is 4. The Morgan fingerprint density at radius 1 is 1.24 bits per heavy atom. The Labute approximate surface area is 139 Å². The summed E-state index contributed by atoms with van der Waals surface area (Å²) in [6.07, 6.45) is -2.49. The number of nitrogen functional groups attached to an aromatic ring is 1. The van der Waals surface area contributed by atoms with Crippen LogP contribution < -0.4 is 11.6 Å². The minimum absolute atomic E-state index is 0.142. The molecule has 0 aromatic carbocycles. The zero-order chi connectivity index (χ0) is 18.8. The Kier molecular flexibility index (Phi) is 5.99. The van der Waals surface area contributed by atoms with Crippen LogP contribution >= 0.6 is 7.82 Å². The summed E-state index contributed by atoms with van der Waals surface area (Å²) < 4.78 is 21.8. The molecule has 2 aromatic rings. The van der Waals surface area contributed by atoms with Crippen molar-refractivity contribution in [2.24, 2.45) is 5.90 Å². The lowest BCUT2D eigenvalue weighted by atomic mass is 10.1. The fourth-order valence-corrected chi connectivity index (χ4v) is 2.66. The summed E-state index contributed by atoms with van der Waals surface area (Å²) in [6, 6.07) is 0. The number of aliphatic hydroxyl groups is 2. The minimum atomic E-state index is -4.72. The Morgan fingerprint density at radius 2 is 1.92 bits per heavy atom. The Bertz CT molecular complexity index is 767. The quantitative estimate of drug-likeness (QED) is 0.214. The molecule has 0 spiro atoms. The van der Waals surface area contributed by atoms with Crippen LogP contribution in [-0.4, -0.2) is 69.6 Å². The van der Waals surface area contributed by atoms with Crippen molar-refractivity contribution in [2.75, 3.05) is 12.3 Å². The van der Waals surface area contributed by atoms with Gasteiger partial charge in [0.05, 0.1) is 12.9 Å². The number of fused-ring (bicyclic) bond motifs is 1. The first-order chi connectivity index (χ1) is 11.8. The standard InChI is InChI=1S/C10H14N5O7P.H3NO/c11-8-5-9(13-2-12-8)15(3-14-5)10-7(17)6(16)4(22-10)1-21-23(18,19)20;1-2/h2-4,6-7,10,16-17H,1H2,(H2,11,12,13)(H2,18,19,20);2H,1H2/t4-,6-,7-,10-;/m1./s1. The van der Waals surface area contributed by atoms with Gasteiger partial charge in [-0.25, -0.2) is 25.4 Å². The van der Waals surface area contributed by atoms with Crippen molar-refractivity contribution in [1.82, 2.24) is 19.5 Å². The van der Waals surface area contributed by atoms with E-state index in [0.717, 1.165) is 0 Å². The van der Waals surface area contributed by atoms with Crippen molar-refractivity contribution in [2.45, 2.75) is 24.5 Å². The average Bonchev–Trinajstić information content (AvgIpc) is 3.11. The highest BCUT2D eigenvalue weighted by Gasteiger charge is 2.45. The summed E-state index contributed by atoms with van der Waals surface area (Å²) in [7, 11) is -4.72. The number of ether oxygens (including phenoxy) is 1. The van der Waals surface area contributed by atoms with E-state index in [4.69, 9.17) is 25.5 Å². The van der Waals surface area contributed by atoms with Crippen molar-refractivity contribution < 1.29 is 39.0 Å². The lowest BCUT2D eigenvalue weighted by Gasteiger charge is -2.16. The third-order valence-corrected chi connectivity index (χ3v) is 3.89. The predicted octanol–water partition coefficient (Wildman–Crippen LogP) is -2.53. The maximum atomic E-state index is 10.7. The first kappa shape index (κ1) is 19.6. The number of aliphatic hydroxyl groups excluding tert-OH is 2. The number of hydrogen-bond donors (Lipinski definition) is 7. The van der Waals surface area contributed by atoms with E-state index in [1.165, 1.54) is 17.2 Å². The zero-order valence-corrected chi connectivity index (χ0v) is 13.4. The van der Waals surface area contributed by atoms with Crippen molar-refractivity contribution in [3.05, 3.63) is 12.7 Å². The van der Waals surface area contributed by atoms with E-state index in [1.807, 2.05) is 0 Å². The second kappa shape index (κ2) is 7.65. The van der Waals surface area contributed by atoms with Gasteiger partial charge in [-0.1, -0.05) is 0 Å². The van der Waals surface area contributed by atoms with Gasteiger partial charge in [0.15, 0.2) is 17.7 Å². The van der Waals surface area contributed by atoms with E-state index in [9.17, 15) is 14.8 Å². The Hall–Kier alpha value is -1.74. The van der Waals surface area contributed by atoms with Gasteiger partial charge in [-0.2, -0.15) is 0 Å². The molecule has 9 N–H and O–H groups in total. The molecular weight excluding hydrogens is 363 g/mol. The average molecular weight is 380 g/mol. The van der Waals surface area contributed by atoms with Gasteiger partial charge in [0.2, 0.25) is 0 Å². The van der Waals surface area contributed by atoms with Crippen LogP contribution in [0.1, 0.15) is 6.23 Å². The van der Waals surface area contributed by atoms with E-state index in [-0.39, 0.29) is 11.5 Å². The van der Waals surface area contributed by atoms with Gasteiger partial charge in [-0.15, -0.1) is 0 Å². The molecule has 0 amide bonds. The number of imidazole rings is 1. The summed E-state index contributed by atoms with van der Waals surface area (Å²) in [4.78, 5) is 29.2. The van der Waals surface area contributed by atoms with Gasteiger partial charge in [0.1, 0.15) is 30.2 Å². The molecule has 1 saturated heterocycles. The molecule has 0 saturated carbocycles. The monoisotopic (exact) mass is 380 g/mol. The van der Waals surface area contributed by atoms with Gasteiger partial charge in [0.25, 0.3) is 0 Å². The second-order valence-corrected chi connectivity index (χ2v) is 6.15. The molecule has 1 aliphatic heterocycles. The van der Waals surface area contributed by atoms with Gasteiger partial charge >= 0.3 is 7.82 Å². The lowest BCUT2D eigenvalue weighted by Crippen LogP contribution is -2.33. The van der Waals surface area contributed by atoms with E-state index in [1.54, 1.807) is 0 Å². The van der Waals surface area contributed by atoms with Crippen LogP contribution in [-0.2, 0) is 13.8 Å². The molecule has 14 nitrogen and oxygen atoms in total. The number of anilines is 1. The maximum Gasteiger partial charge on any atom is 0.469 e. The summed E-state index contributed by atoms with van der Waals surface area (Å²) in [5.41, 5.74) is 6.25. The topological polar surface area (TPSA) is 232 Å². The molecular formula is C10H17N6O8P. The van der Waals surface area contributed by atoms with Gasteiger partial charge in [0, 0.05) is 0 Å². The number of phosphoric acid groups is 1. The third kappa shape index (κ3) is 4.09. The normalized spacial score (nSPS) is 26.5. The zero-order valence-electron chi connectivity index (χ0n) is 12.5. The number of nitrogens with zero attached hydrogens (tertiary/aromatic N) is 4. The van der Waals surface area contributed by atoms with Crippen LogP contribution in [0.4, 0.5) is 5.82 Å². The summed E-state index contributed by atoms with van der Waals surface area (Å²) >= 11 is 0. The second-order valence-electron chi connectivity index (χ2n) is 4.92. The highest BCUT2D eigenvalue weighted by molar-refractivity contribution is 7.46. The van der Waals surface area contributed by atoms with Crippen LogP contribution in [0.2, 0.25) is 0 Å². The predicted molar refractivity (Wildman–Crippen MR) is 79.6 cm³/mol. The molecule has 3 rings (SSSR count). The van der Waals surface area contributed by atoms with Crippen LogP contribution in [0.3, 0.4) is 0 Å². The fourth-order valence-electron chi connectivity index (χ4n) is 2.32. The van der Waals surface area contributed by atoms with Crippen LogP contribution in [0.5, 0.6) is 0 Å². The molecule has 3 heterocycles. The SMILES string of the molecule is NO.Nc1ncnc2c1ncn2[C@@H]1O[C@H](COP(=O)(O)O)[C@@H](O)[C@H]1O. The van der Waals surface area contributed by atoms with Crippen molar-refractivity contribution in [3.8, 4) is 0 Å². The number of nitrogens with two attached hydrogens (primary N) is 2. The molecule has 1 fully saturated rings. The van der Waals surface area contributed by atoms with E-state index in [2.05, 4.69) is 25.4 Å². The molecule has 25 heavy (non-hydrogen) atoms. The molecule has 15 heteroatoms. The number of phosphoric ester groups is 1.